The van der Waals surface area contributed by atoms with Gasteiger partial charge in [-0.05, 0) is 50.1 Å². The fourth-order valence-electron chi connectivity index (χ4n) is 2.28. The summed E-state index contributed by atoms with van der Waals surface area (Å²) in [6.07, 6.45) is 8.12. The number of hydrogen-bond donors (Lipinski definition) is 1. The topological polar surface area (TPSA) is 29.9 Å². The molecule has 0 fully saturated rings. The number of hydrogen-bond acceptors (Lipinski definition) is 2. The van der Waals surface area contributed by atoms with Crippen LogP contribution in [0.1, 0.15) is 37.6 Å². The molecule has 2 rings (SSSR count). The van der Waals surface area contributed by atoms with Crippen LogP contribution in [0, 0.1) is 0 Å². The molecule has 0 saturated carbocycles. The van der Waals surface area contributed by atoms with Crippen LogP contribution >= 0.6 is 0 Å². The summed E-state index contributed by atoms with van der Waals surface area (Å²) in [5.41, 5.74) is 2.65. The highest BCUT2D eigenvalue weighted by molar-refractivity contribution is 5.13. The van der Waals surface area contributed by atoms with Gasteiger partial charge in [0.05, 0.1) is 0 Å². The molecule has 0 spiro atoms. The lowest BCUT2D eigenvalue weighted by Crippen LogP contribution is -2.22. The van der Waals surface area contributed by atoms with Gasteiger partial charge in [-0.25, -0.2) is 0 Å². The van der Waals surface area contributed by atoms with Crippen LogP contribution in [0.4, 0.5) is 0 Å². The Morgan fingerprint density at radius 1 is 1.32 bits per heavy atom. The van der Waals surface area contributed by atoms with Crippen LogP contribution < -0.4 is 5.32 Å². The lowest BCUT2D eigenvalue weighted by molar-refractivity contribution is 0.523. The molecule has 1 atom stereocenters. The first-order chi connectivity index (χ1) is 9.31. The molecule has 2 aromatic heterocycles. The second kappa shape index (κ2) is 7.10. The number of nitrogens with one attached hydrogen (secondary N) is 1. The first kappa shape index (κ1) is 13.8. The van der Waals surface area contributed by atoms with E-state index in [1.165, 1.54) is 17.7 Å². The summed E-state index contributed by atoms with van der Waals surface area (Å²) in [5, 5.41) is 3.54. The van der Waals surface area contributed by atoms with Gasteiger partial charge in [0.25, 0.3) is 0 Å². The molecular weight excluding hydrogens is 234 g/mol. The Morgan fingerprint density at radius 2 is 2.21 bits per heavy atom. The van der Waals surface area contributed by atoms with E-state index in [0.717, 1.165) is 19.5 Å². The van der Waals surface area contributed by atoms with E-state index in [0.29, 0.717) is 6.04 Å². The van der Waals surface area contributed by atoms with Gasteiger partial charge in [-0.1, -0.05) is 13.0 Å². The fourth-order valence-corrected chi connectivity index (χ4v) is 2.28. The van der Waals surface area contributed by atoms with Crippen LogP contribution in [-0.2, 0) is 13.0 Å². The second-order valence-electron chi connectivity index (χ2n) is 4.91. The van der Waals surface area contributed by atoms with Gasteiger partial charge in [-0.3, -0.25) is 4.98 Å². The zero-order chi connectivity index (χ0) is 13.5. The van der Waals surface area contributed by atoms with E-state index in [4.69, 9.17) is 0 Å². The molecule has 0 saturated heterocycles. The van der Waals surface area contributed by atoms with Crippen LogP contribution in [0.2, 0.25) is 0 Å². The highest BCUT2D eigenvalue weighted by Crippen LogP contribution is 2.14. The van der Waals surface area contributed by atoms with Crippen molar-refractivity contribution in [2.45, 2.75) is 39.3 Å². The minimum Gasteiger partial charge on any atom is -0.350 e. The summed E-state index contributed by atoms with van der Waals surface area (Å²) in [7, 11) is 0. The number of rotatable bonds is 7. The average molecular weight is 257 g/mol. The van der Waals surface area contributed by atoms with Crippen molar-refractivity contribution in [3.05, 3.63) is 54.1 Å². The second-order valence-corrected chi connectivity index (χ2v) is 4.91. The highest BCUT2D eigenvalue weighted by atomic mass is 15.0. The summed E-state index contributed by atoms with van der Waals surface area (Å²) in [6, 6.07) is 8.87. The maximum absolute atomic E-state index is 4.16. The molecule has 0 aliphatic carbocycles. The largest absolute Gasteiger partial charge is 0.350 e. The Kier molecular flexibility index (Phi) is 5.16. The first-order valence-corrected chi connectivity index (χ1v) is 7.08. The van der Waals surface area contributed by atoms with E-state index < -0.39 is 0 Å². The van der Waals surface area contributed by atoms with Crippen molar-refractivity contribution in [2.24, 2.45) is 0 Å². The lowest BCUT2D eigenvalue weighted by Gasteiger charge is -2.17. The molecule has 0 aromatic carbocycles. The SMILES string of the molecule is CCCNC(C)c1cccn1CCc1cccnc1. The Hall–Kier alpha value is -1.61. The zero-order valence-corrected chi connectivity index (χ0v) is 11.8. The summed E-state index contributed by atoms with van der Waals surface area (Å²) in [6.45, 7) is 6.49. The van der Waals surface area contributed by atoms with Gasteiger partial charge in [0.15, 0.2) is 0 Å². The molecule has 0 aliphatic heterocycles. The van der Waals surface area contributed by atoms with Gasteiger partial charge in [0.2, 0.25) is 0 Å². The molecule has 0 amide bonds. The summed E-state index contributed by atoms with van der Waals surface area (Å²) >= 11 is 0. The standard InChI is InChI=1S/C16H23N3/c1-3-9-18-14(2)16-7-5-11-19(16)12-8-15-6-4-10-17-13-15/h4-7,10-11,13-14,18H,3,8-9,12H2,1-2H3. The molecule has 0 bridgehead atoms. The predicted molar refractivity (Wildman–Crippen MR) is 79.1 cm³/mol. The Morgan fingerprint density at radius 3 is 2.95 bits per heavy atom. The third kappa shape index (κ3) is 3.93. The van der Waals surface area contributed by atoms with Crippen LogP contribution in [0.3, 0.4) is 0 Å². The van der Waals surface area contributed by atoms with Gasteiger partial charge in [0, 0.05) is 36.9 Å². The van der Waals surface area contributed by atoms with Gasteiger partial charge < -0.3 is 9.88 Å². The predicted octanol–water partition coefficient (Wildman–Crippen LogP) is 3.19. The molecule has 19 heavy (non-hydrogen) atoms. The van der Waals surface area contributed by atoms with Crippen LogP contribution in [0.25, 0.3) is 0 Å². The highest BCUT2D eigenvalue weighted by Gasteiger charge is 2.08. The van der Waals surface area contributed by atoms with E-state index in [1.54, 1.807) is 0 Å². The molecule has 2 aromatic rings. The summed E-state index contributed by atoms with van der Waals surface area (Å²) in [5.74, 6) is 0. The number of aromatic nitrogens is 2. The molecular formula is C16H23N3. The maximum atomic E-state index is 4.16. The van der Waals surface area contributed by atoms with Gasteiger partial charge in [0.1, 0.15) is 0 Å². The van der Waals surface area contributed by atoms with E-state index in [9.17, 15) is 0 Å². The molecule has 1 N–H and O–H groups in total. The quantitative estimate of drug-likeness (QED) is 0.825. The molecule has 1 unspecified atom stereocenters. The summed E-state index contributed by atoms with van der Waals surface area (Å²) in [4.78, 5) is 4.16. The monoisotopic (exact) mass is 257 g/mol. The lowest BCUT2D eigenvalue weighted by atomic mass is 10.2. The molecule has 3 heteroatoms. The Balaban J connectivity index is 1.96. The maximum Gasteiger partial charge on any atom is 0.0446 e. The number of nitrogens with zero attached hydrogens (tertiary/aromatic N) is 2. The van der Waals surface area contributed by atoms with Crippen LogP contribution in [0.5, 0.6) is 0 Å². The van der Waals surface area contributed by atoms with Crippen molar-refractivity contribution in [1.82, 2.24) is 14.9 Å². The van der Waals surface area contributed by atoms with Gasteiger partial charge >= 0.3 is 0 Å². The molecule has 0 aliphatic rings. The van der Waals surface area contributed by atoms with Crippen LogP contribution in [-0.4, -0.2) is 16.1 Å². The molecule has 3 nitrogen and oxygen atoms in total. The van der Waals surface area contributed by atoms with Crippen LogP contribution in [0.15, 0.2) is 42.9 Å². The normalized spacial score (nSPS) is 12.5. The third-order valence-corrected chi connectivity index (χ3v) is 3.37. The average Bonchev–Trinajstić information content (AvgIpc) is 2.92. The molecule has 0 radical (unpaired) electrons. The van der Waals surface area contributed by atoms with E-state index >= 15 is 0 Å². The Labute approximate surface area is 115 Å². The van der Waals surface area contributed by atoms with E-state index in [1.807, 2.05) is 18.5 Å². The molecule has 102 valence electrons. The van der Waals surface area contributed by atoms with E-state index in [2.05, 4.69) is 53.1 Å². The van der Waals surface area contributed by atoms with Crippen molar-refractivity contribution in [2.75, 3.05) is 6.54 Å². The fraction of sp³-hybridized carbons (Fsp3) is 0.438. The minimum atomic E-state index is 0.406. The van der Waals surface area contributed by atoms with Crippen molar-refractivity contribution >= 4 is 0 Å². The first-order valence-electron chi connectivity index (χ1n) is 7.08. The van der Waals surface area contributed by atoms with Crippen molar-refractivity contribution in [3.8, 4) is 0 Å². The number of aryl methyl sites for hydroxylation is 2. The number of pyridine rings is 1. The van der Waals surface area contributed by atoms with Gasteiger partial charge in [-0.15, -0.1) is 0 Å². The zero-order valence-electron chi connectivity index (χ0n) is 11.8. The van der Waals surface area contributed by atoms with Gasteiger partial charge in [-0.2, -0.15) is 0 Å². The summed E-state index contributed by atoms with van der Waals surface area (Å²) < 4.78 is 2.33. The van der Waals surface area contributed by atoms with E-state index in [-0.39, 0.29) is 0 Å². The molecule has 2 heterocycles. The van der Waals surface area contributed by atoms with Crippen molar-refractivity contribution < 1.29 is 0 Å². The van der Waals surface area contributed by atoms with Crippen molar-refractivity contribution in [1.29, 1.82) is 0 Å². The third-order valence-electron chi connectivity index (χ3n) is 3.37. The minimum absolute atomic E-state index is 0.406. The smallest absolute Gasteiger partial charge is 0.0446 e. The van der Waals surface area contributed by atoms with Crippen molar-refractivity contribution in [3.63, 3.8) is 0 Å². The Bertz CT molecular complexity index is 476.